The first kappa shape index (κ1) is 11.8. The Kier molecular flexibility index (Phi) is 3.21. The van der Waals surface area contributed by atoms with Crippen molar-refractivity contribution >= 4 is 0 Å². The third-order valence-corrected chi connectivity index (χ3v) is 2.76. The van der Waals surface area contributed by atoms with Gasteiger partial charge in [-0.25, -0.2) is 4.98 Å². The van der Waals surface area contributed by atoms with E-state index in [2.05, 4.69) is 27.2 Å². The van der Waals surface area contributed by atoms with Gasteiger partial charge in [-0.15, -0.1) is 0 Å². The lowest BCUT2D eigenvalue weighted by atomic mass is 10.0. The molecule has 0 aliphatic heterocycles. The monoisotopic (exact) mass is 234 g/mol. The summed E-state index contributed by atoms with van der Waals surface area (Å²) in [5.74, 6) is 1.12. The molecular weight excluding hydrogens is 216 g/mol. The minimum Gasteiger partial charge on any atom is -0.256 e. The number of nitrogens with zero attached hydrogens (tertiary/aromatic N) is 6. The molecule has 0 amide bonds. The highest BCUT2D eigenvalue weighted by atomic mass is 15.5. The molecule has 0 saturated heterocycles. The van der Waals surface area contributed by atoms with Crippen LogP contribution in [0.2, 0.25) is 0 Å². The Morgan fingerprint density at radius 1 is 1.29 bits per heavy atom. The molecule has 2 aromatic heterocycles. The molecule has 0 N–H and O–H groups in total. The minimum absolute atomic E-state index is 0.261. The van der Waals surface area contributed by atoms with Gasteiger partial charge in [-0.05, 0) is 13.8 Å². The first-order chi connectivity index (χ1) is 8.10. The van der Waals surface area contributed by atoms with Crippen LogP contribution < -0.4 is 0 Å². The van der Waals surface area contributed by atoms with Crippen LogP contribution in [0.1, 0.15) is 37.0 Å². The Morgan fingerprint density at radius 3 is 2.59 bits per heavy atom. The lowest BCUT2D eigenvalue weighted by Gasteiger charge is -2.04. The van der Waals surface area contributed by atoms with Crippen molar-refractivity contribution in [3.05, 3.63) is 23.5 Å². The standard InChI is InChI=1S/C11H18N6/c1-5-17-13-9(3)10(14-17)6-8(2)11-12-7-16(4)15-11/h7-8H,5-6H2,1-4H3. The van der Waals surface area contributed by atoms with Gasteiger partial charge in [-0.3, -0.25) is 4.68 Å². The van der Waals surface area contributed by atoms with Gasteiger partial charge < -0.3 is 0 Å². The highest BCUT2D eigenvalue weighted by Gasteiger charge is 2.15. The zero-order valence-electron chi connectivity index (χ0n) is 10.8. The fraction of sp³-hybridized carbons (Fsp3) is 0.636. The summed E-state index contributed by atoms with van der Waals surface area (Å²) in [6.07, 6.45) is 2.55. The second kappa shape index (κ2) is 4.65. The first-order valence-corrected chi connectivity index (χ1v) is 5.86. The second-order valence-corrected chi connectivity index (χ2v) is 4.30. The van der Waals surface area contributed by atoms with Crippen molar-refractivity contribution in [3.63, 3.8) is 0 Å². The molecule has 0 spiro atoms. The van der Waals surface area contributed by atoms with Crippen LogP contribution in [0, 0.1) is 6.92 Å². The molecule has 0 aromatic carbocycles. The van der Waals surface area contributed by atoms with E-state index in [1.807, 2.05) is 20.9 Å². The molecule has 92 valence electrons. The van der Waals surface area contributed by atoms with E-state index in [0.29, 0.717) is 0 Å². The molecule has 0 aliphatic carbocycles. The highest BCUT2D eigenvalue weighted by molar-refractivity contribution is 5.10. The minimum atomic E-state index is 0.261. The van der Waals surface area contributed by atoms with E-state index in [4.69, 9.17) is 0 Å². The molecule has 1 atom stereocenters. The number of hydrogen-bond donors (Lipinski definition) is 0. The molecule has 0 bridgehead atoms. The topological polar surface area (TPSA) is 61.4 Å². The Hall–Kier alpha value is -1.72. The lowest BCUT2D eigenvalue weighted by Crippen LogP contribution is -2.04. The van der Waals surface area contributed by atoms with Gasteiger partial charge in [0.25, 0.3) is 0 Å². The molecule has 2 rings (SSSR count). The van der Waals surface area contributed by atoms with Gasteiger partial charge in [-0.1, -0.05) is 6.92 Å². The van der Waals surface area contributed by atoms with Gasteiger partial charge >= 0.3 is 0 Å². The van der Waals surface area contributed by atoms with E-state index < -0.39 is 0 Å². The number of aromatic nitrogens is 6. The number of aryl methyl sites for hydroxylation is 3. The third kappa shape index (κ3) is 2.51. The molecule has 0 radical (unpaired) electrons. The van der Waals surface area contributed by atoms with E-state index >= 15 is 0 Å². The Balaban J connectivity index is 2.12. The number of rotatable bonds is 4. The molecule has 17 heavy (non-hydrogen) atoms. The van der Waals surface area contributed by atoms with Crippen molar-refractivity contribution in [2.75, 3.05) is 0 Å². The Morgan fingerprint density at radius 2 is 2.06 bits per heavy atom. The van der Waals surface area contributed by atoms with Crippen molar-refractivity contribution in [1.29, 1.82) is 0 Å². The van der Waals surface area contributed by atoms with Gasteiger partial charge in [-0.2, -0.15) is 20.1 Å². The zero-order valence-corrected chi connectivity index (χ0v) is 10.8. The van der Waals surface area contributed by atoms with Crippen LogP contribution in [-0.2, 0) is 20.0 Å². The van der Waals surface area contributed by atoms with Crippen molar-refractivity contribution in [2.45, 2.75) is 39.7 Å². The molecule has 2 heterocycles. The lowest BCUT2D eigenvalue weighted by molar-refractivity contribution is 0.556. The van der Waals surface area contributed by atoms with Gasteiger partial charge in [0, 0.05) is 19.4 Å². The normalized spacial score (nSPS) is 12.9. The molecule has 6 nitrogen and oxygen atoms in total. The van der Waals surface area contributed by atoms with Crippen LogP contribution >= 0.6 is 0 Å². The van der Waals surface area contributed by atoms with E-state index in [9.17, 15) is 0 Å². The van der Waals surface area contributed by atoms with Crippen LogP contribution in [0.15, 0.2) is 6.33 Å². The highest BCUT2D eigenvalue weighted by Crippen LogP contribution is 2.16. The van der Waals surface area contributed by atoms with Crippen LogP contribution in [0.4, 0.5) is 0 Å². The summed E-state index contributed by atoms with van der Waals surface area (Å²) >= 11 is 0. The summed E-state index contributed by atoms with van der Waals surface area (Å²) in [5.41, 5.74) is 2.03. The average Bonchev–Trinajstić information content (AvgIpc) is 2.86. The summed E-state index contributed by atoms with van der Waals surface area (Å²) in [6, 6.07) is 0. The van der Waals surface area contributed by atoms with Gasteiger partial charge in [0.2, 0.25) is 0 Å². The molecule has 1 unspecified atom stereocenters. The van der Waals surface area contributed by atoms with Crippen LogP contribution in [0.5, 0.6) is 0 Å². The summed E-state index contributed by atoms with van der Waals surface area (Å²) < 4.78 is 1.72. The number of hydrogen-bond acceptors (Lipinski definition) is 4. The molecular formula is C11H18N6. The van der Waals surface area contributed by atoms with Crippen molar-refractivity contribution < 1.29 is 0 Å². The van der Waals surface area contributed by atoms with Crippen molar-refractivity contribution in [1.82, 2.24) is 29.8 Å². The Labute approximate surface area is 101 Å². The zero-order chi connectivity index (χ0) is 12.4. The van der Waals surface area contributed by atoms with E-state index in [1.165, 1.54) is 0 Å². The first-order valence-electron chi connectivity index (χ1n) is 5.86. The molecule has 6 heteroatoms. The third-order valence-electron chi connectivity index (χ3n) is 2.76. The maximum atomic E-state index is 4.44. The quantitative estimate of drug-likeness (QED) is 0.794. The Bertz CT molecular complexity index is 498. The van der Waals surface area contributed by atoms with E-state index in [1.54, 1.807) is 15.8 Å². The maximum absolute atomic E-state index is 4.44. The largest absolute Gasteiger partial charge is 0.256 e. The van der Waals surface area contributed by atoms with Crippen molar-refractivity contribution in [2.24, 2.45) is 7.05 Å². The van der Waals surface area contributed by atoms with Crippen LogP contribution in [0.25, 0.3) is 0 Å². The summed E-state index contributed by atoms with van der Waals surface area (Å²) in [4.78, 5) is 5.99. The predicted molar refractivity (Wildman–Crippen MR) is 63.6 cm³/mol. The average molecular weight is 234 g/mol. The fourth-order valence-corrected chi connectivity index (χ4v) is 1.76. The fourth-order valence-electron chi connectivity index (χ4n) is 1.76. The summed E-state index contributed by atoms with van der Waals surface area (Å²) in [6.45, 7) is 6.94. The van der Waals surface area contributed by atoms with Crippen molar-refractivity contribution in [3.8, 4) is 0 Å². The predicted octanol–water partition coefficient (Wildman–Crippen LogP) is 1.08. The molecule has 0 fully saturated rings. The smallest absolute Gasteiger partial charge is 0.153 e. The molecule has 0 saturated carbocycles. The van der Waals surface area contributed by atoms with Gasteiger partial charge in [0.15, 0.2) is 5.82 Å². The molecule has 0 aliphatic rings. The van der Waals surface area contributed by atoms with Gasteiger partial charge in [0.05, 0.1) is 17.9 Å². The second-order valence-electron chi connectivity index (χ2n) is 4.30. The summed E-state index contributed by atoms with van der Waals surface area (Å²) in [5, 5.41) is 13.1. The molecule has 2 aromatic rings. The van der Waals surface area contributed by atoms with E-state index in [0.717, 1.165) is 30.2 Å². The van der Waals surface area contributed by atoms with Crippen LogP contribution in [-0.4, -0.2) is 29.8 Å². The van der Waals surface area contributed by atoms with E-state index in [-0.39, 0.29) is 5.92 Å². The maximum Gasteiger partial charge on any atom is 0.153 e. The van der Waals surface area contributed by atoms with Crippen LogP contribution in [0.3, 0.4) is 0 Å². The summed E-state index contributed by atoms with van der Waals surface area (Å²) in [7, 11) is 1.88. The SMILES string of the molecule is CCn1nc(C)c(CC(C)c2ncn(C)n2)n1. The van der Waals surface area contributed by atoms with Gasteiger partial charge in [0.1, 0.15) is 6.33 Å².